The van der Waals surface area contributed by atoms with Gasteiger partial charge in [-0.3, -0.25) is 9.69 Å². The topological polar surface area (TPSA) is 42.0 Å². The molecule has 0 spiro atoms. The number of carbonyl (C=O) groups is 1. The van der Waals surface area contributed by atoms with Crippen LogP contribution >= 0.6 is 0 Å². The zero-order valence-electron chi connectivity index (χ0n) is 20.5. The average molecular weight is 493 g/mol. The summed E-state index contributed by atoms with van der Waals surface area (Å²) in [5.41, 5.74) is 3.14. The van der Waals surface area contributed by atoms with Crippen molar-refractivity contribution in [1.82, 2.24) is 9.80 Å². The fourth-order valence-electron chi connectivity index (χ4n) is 4.20. The molecule has 0 saturated carbocycles. The highest BCUT2D eigenvalue weighted by molar-refractivity contribution is 5.91. The second-order valence-electron chi connectivity index (χ2n) is 8.77. The molecule has 3 aromatic carbocycles. The molecule has 1 aliphatic heterocycles. The molecule has 0 N–H and O–H groups in total. The molecule has 0 atom stereocenters. The number of nitrogens with zero attached hydrogens (tertiary/aromatic N) is 2. The van der Waals surface area contributed by atoms with Gasteiger partial charge in [0.15, 0.2) is 11.6 Å². The number of methoxy groups -OCH3 is 1. The first-order valence-corrected chi connectivity index (χ1v) is 11.9. The van der Waals surface area contributed by atoms with Crippen molar-refractivity contribution in [1.29, 1.82) is 0 Å². The predicted octanol–water partition coefficient (Wildman–Crippen LogP) is 5.22. The van der Waals surface area contributed by atoms with Crippen LogP contribution in [-0.4, -0.2) is 49.0 Å². The van der Waals surface area contributed by atoms with E-state index in [9.17, 15) is 13.6 Å². The first kappa shape index (κ1) is 25.4. The van der Waals surface area contributed by atoms with Crippen molar-refractivity contribution in [2.24, 2.45) is 0 Å². The Morgan fingerprint density at radius 1 is 0.944 bits per heavy atom. The molecule has 4 rings (SSSR count). The molecule has 0 unspecified atom stereocenters. The highest BCUT2D eigenvalue weighted by atomic mass is 19.2. The van der Waals surface area contributed by atoms with E-state index in [0.717, 1.165) is 34.3 Å². The van der Waals surface area contributed by atoms with E-state index in [1.165, 1.54) is 6.07 Å². The van der Waals surface area contributed by atoms with E-state index < -0.39 is 11.6 Å². The van der Waals surface area contributed by atoms with Gasteiger partial charge in [-0.05, 0) is 48.4 Å². The second-order valence-corrected chi connectivity index (χ2v) is 8.77. The molecule has 1 aliphatic rings. The monoisotopic (exact) mass is 492 g/mol. The molecule has 0 aliphatic carbocycles. The van der Waals surface area contributed by atoms with Crippen LogP contribution in [-0.2, 0) is 17.9 Å². The van der Waals surface area contributed by atoms with E-state index in [1.807, 2.05) is 54.3 Å². The Morgan fingerprint density at radius 3 is 2.47 bits per heavy atom. The average Bonchev–Trinajstić information content (AvgIpc) is 2.90. The lowest BCUT2D eigenvalue weighted by Crippen LogP contribution is -2.47. The van der Waals surface area contributed by atoms with E-state index in [0.29, 0.717) is 44.9 Å². The molecule has 1 heterocycles. The highest BCUT2D eigenvalue weighted by Crippen LogP contribution is 2.24. The minimum atomic E-state index is -0.838. The van der Waals surface area contributed by atoms with Crippen molar-refractivity contribution in [3.63, 3.8) is 0 Å². The number of rotatable bonds is 8. The van der Waals surface area contributed by atoms with Crippen molar-refractivity contribution in [3.8, 4) is 11.5 Å². The molecule has 1 saturated heterocycles. The Kier molecular flexibility index (Phi) is 8.33. The number of amides is 1. The molecule has 1 amide bonds. The van der Waals surface area contributed by atoms with Gasteiger partial charge in [-0.2, -0.15) is 0 Å². The van der Waals surface area contributed by atoms with Gasteiger partial charge in [0.1, 0.15) is 18.1 Å². The number of carbonyl (C=O) groups excluding carboxylic acids is 1. The second kappa shape index (κ2) is 11.8. The van der Waals surface area contributed by atoms with Gasteiger partial charge in [0.2, 0.25) is 5.91 Å². The van der Waals surface area contributed by atoms with Crippen LogP contribution in [0.2, 0.25) is 0 Å². The van der Waals surface area contributed by atoms with Crippen molar-refractivity contribution in [2.45, 2.75) is 20.1 Å². The summed E-state index contributed by atoms with van der Waals surface area (Å²) in [5, 5.41) is 0. The number of aryl methyl sites for hydroxylation is 1. The number of benzene rings is 3. The van der Waals surface area contributed by atoms with Crippen molar-refractivity contribution >= 4 is 12.0 Å². The first-order valence-electron chi connectivity index (χ1n) is 11.9. The molecule has 1 fully saturated rings. The number of ether oxygens (including phenoxy) is 2. The fourth-order valence-corrected chi connectivity index (χ4v) is 4.20. The number of halogens is 2. The molecule has 0 radical (unpaired) electrons. The molecule has 188 valence electrons. The SMILES string of the molecule is COc1ccc(/C=C/C(=O)N2CCN(Cc3cccc(F)c3F)CC2)cc1COc1ccccc1C. The summed E-state index contributed by atoms with van der Waals surface area (Å²) >= 11 is 0. The van der Waals surface area contributed by atoms with Crippen molar-refractivity contribution in [2.75, 3.05) is 33.3 Å². The number of piperazine rings is 1. The van der Waals surface area contributed by atoms with Gasteiger partial charge in [0.25, 0.3) is 0 Å². The molecule has 0 bridgehead atoms. The summed E-state index contributed by atoms with van der Waals surface area (Å²) in [7, 11) is 1.62. The highest BCUT2D eigenvalue weighted by Gasteiger charge is 2.21. The van der Waals surface area contributed by atoms with Gasteiger partial charge in [-0.1, -0.05) is 36.4 Å². The Balaban J connectivity index is 1.33. The summed E-state index contributed by atoms with van der Waals surface area (Å²) in [5.74, 6) is -0.190. The van der Waals surface area contributed by atoms with Gasteiger partial charge in [0.05, 0.1) is 7.11 Å². The standard InChI is InChI=1S/C29H30F2N2O3/c1-21-6-3-4-9-26(21)36-20-24-18-22(10-12-27(24)35-2)11-13-28(34)33-16-14-32(15-17-33)19-23-7-5-8-25(30)29(23)31/h3-13,18H,14-17,19-20H2,1-2H3/b13-11+. The summed E-state index contributed by atoms with van der Waals surface area (Å²) in [4.78, 5) is 16.5. The van der Waals surface area contributed by atoms with Crippen molar-refractivity contribution < 1.29 is 23.0 Å². The zero-order chi connectivity index (χ0) is 25.5. The quantitative estimate of drug-likeness (QED) is 0.405. The molecular formula is C29H30F2N2O3. The molecule has 3 aromatic rings. The van der Waals surface area contributed by atoms with Crippen LogP contribution in [0.4, 0.5) is 8.78 Å². The molecule has 36 heavy (non-hydrogen) atoms. The lowest BCUT2D eigenvalue weighted by atomic mass is 10.1. The zero-order valence-corrected chi connectivity index (χ0v) is 20.5. The Bertz CT molecular complexity index is 1240. The predicted molar refractivity (Wildman–Crippen MR) is 136 cm³/mol. The molecule has 7 heteroatoms. The van der Waals surface area contributed by atoms with Crippen LogP contribution in [0.25, 0.3) is 6.08 Å². The smallest absolute Gasteiger partial charge is 0.246 e. The van der Waals surface area contributed by atoms with E-state index in [2.05, 4.69) is 0 Å². The molecule has 5 nitrogen and oxygen atoms in total. The van der Waals surface area contributed by atoms with Crippen LogP contribution in [0.3, 0.4) is 0 Å². The van der Waals surface area contributed by atoms with Gasteiger partial charge >= 0.3 is 0 Å². The maximum atomic E-state index is 14.0. The van der Waals surface area contributed by atoms with Crippen molar-refractivity contribution in [3.05, 3.63) is 101 Å². The Labute approximate surface area is 210 Å². The van der Waals surface area contributed by atoms with Crippen LogP contribution in [0.15, 0.2) is 66.7 Å². The maximum Gasteiger partial charge on any atom is 0.246 e. The van der Waals surface area contributed by atoms with Crippen LogP contribution in [0, 0.1) is 18.6 Å². The van der Waals surface area contributed by atoms with E-state index in [1.54, 1.807) is 30.2 Å². The summed E-state index contributed by atoms with van der Waals surface area (Å²) in [6.45, 7) is 4.91. The summed E-state index contributed by atoms with van der Waals surface area (Å²) in [6.07, 6.45) is 3.35. The molecule has 0 aromatic heterocycles. The lowest BCUT2D eigenvalue weighted by molar-refractivity contribution is -0.127. The van der Waals surface area contributed by atoms with Crippen LogP contribution < -0.4 is 9.47 Å². The third-order valence-electron chi connectivity index (χ3n) is 6.31. The number of hydrogen-bond donors (Lipinski definition) is 0. The van der Waals surface area contributed by atoms with E-state index in [-0.39, 0.29) is 5.91 Å². The maximum absolute atomic E-state index is 14.0. The van der Waals surface area contributed by atoms with Crippen LogP contribution in [0.1, 0.15) is 22.3 Å². The van der Waals surface area contributed by atoms with Gasteiger partial charge in [0, 0.05) is 49.9 Å². The van der Waals surface area contributed by atoms with E-state index in [4.69, 9.17) is 9.47 Å². The number of para-hydroxylation sites is 1. The Hall–Kier alpha value is -3.71. The third-order valence-corrected chi connectivity index (χ3v) is 6.31. The van der Waals surface area contributed by atoms with Crippen LogP contribution in [0.5, 0.6) is 11.5 Å². The number of hydrogen-bond acceptors (Lipinski definition) is 4. The first-order chi connectivity index (χ1) is 17.4. The van der Waals surface area contributed by atoms with Gasteiger partial charge in [-0.25, -0.2) is 8.78 Å². The Morgan fingerprint density at radius 2 is 1.72 bits per heavy atom. The summed E-state index contributed by atoms with van der Waals surface area (Å²) < 4.78 is 38.9. The minimum Gasteiger partial charge on any atom is -0.496 e. The minimum absolute atomic E-state index is 0.0832. The largest absolute Gasteiger partial charge is 0.496 e. The van der Waals surface area contributed by atoms with E-state index >= 15 is 0 Å². The third kappa shape index (κ3) is 6.29. The fraction of sp³-hybridized carbons (Fsp3) is 0.276. The summed E-state index contributed by atoms with van der Waals surface area (Å²) in [6, 6.07) is 17.8. The van der Waals surface area contributed by atoms with Gasteiger partial charge in [-0.15, -0.1) is 0 Å². The van der Waals surface area contributed by atoms with Gasteiger partial charge < -0.3 is 14.4 Å². The normalized spacial score (nSPS) is 14.3. The lowest BCUT2D eigenvalue weighted by Gasteiger charge is -2.34. The molecular weight excluding hydrogens is 462 g/mol.